The fourth-order valence-electron chi connectivity index (χ4n) is 1.82. The van der Waals surface area contributed by atoms with E-state index in [1.807, 2.05) is 12.1 Å². The van der Waals surface area contributed by atoms with E-state index in [0.717, 1.165) is 5.69 Å². The van der Waals surface area contributed by atoms with Crippen LogP contribution in [0.3, 0.4) is 0 Å². The maximum absolute atomic E-state index is 5.66. The molecule has 1 aromatic carbocycles. The van der Waals surface area contributed by atoms with Crippen LogP contribution in [0.4, 0.5) is 5.69 Å². The lowest BCUT2D eigenvalue weighted by atomic mass is 10.1. The maximum Gasteiger partial charge on any atom is 0.0314 e. The standard InChI is InChI=1S/C13H22N2/c1-4-5-10(2)15-11(3)12-6-8-13(14)9-7-12/h6-11,15H,4-5,14H2,1-3H3. The lowest BCUT2D eigenvalue weighted by molar-refractivity contribution is 0.453. The van der Waals surface area contributed by atoms with Crippen molar-refractivity contribution in [3.05, 3.63) is 29.8 Å². The van der Waals surface area contributed by atoms with E-state index in [9.17, 15) is 0 Å². The summed E-state index contributed by atoms with van der Waals surface area (Å²) in [5.41, 5.74) is 7.78. The first-order valence-electron chi connectivity index (χ1n) is 5.75. The van der Waals surface area contributed by atoms with E-state index < -0.39 is 0 Å². The second kappa shape index (κ2) is 5.76. The zero-order chi connectivity index (χ0) is 11.3. The Balaban J connectivity index is 2.53. The zero-order valence-electron chi connectivity index (χ0n) is 9.96. The molecular weight excluding hydrogens is 184 g/mol. The van der Waals surface area contributed by atoms with Crippen molar-refractivity contribution in [2.45, 2.75) is 45.7 Å². The number of rotatable bonds is 5. The third kappa shape index (κ3) is 3.92. The van der Waals surface area contributed by atoms with Crippen LogP contribution in [0.15, 0.2) is 24.3 Å². The van der Waals surface area contributed by atoms with E-state index in [-0.39, 0.29) is 0 Å². The molecule has 2 nitrogen and oxygen atoms in total. The minimum Gasteiger partial charge on any atom is -0.399 e. The van der Waals surface area contributed by atoms with E-state index in [1.165, 1.54) is 18.4 Å². The number of hydrogen-bond acceptors (Lipinski definition) is 2. The number of anilines is 1. The van der Waals surface area contributed by atoms with E-state index in [4.69, 9.17) is 5.73 Å². The highest BCUT2D eigenvalue weighted by Gasteiger charge is 2.08. The van der Waals surface area contributed by atoms with Gasteiger partial charge in [-0.05, 0) is 38.0 Å². The van der Waals surface area contributed by atoms with Gasteiger partial charge in [0.1, 0.15) is 0 Å². The molecule has 1 aromatic rings. The molecule has 0 heterocycles. The van der Waals surface area contributed by atoms with Gasteiger partial charge in [0.15, 0.2) is 0 Å². The van der Waals surface area contributed by atoms with Crippen LogP contribution in [-0.2, 0) is 0 Å². The summed E-state index contributed by atoms with van der Waals surface area (Å²) in [6, 6.07) is 9.06. The van der Waals surface area contributed by atoms with Gasteiger partial charge in [-0.25, -0.2) is 0 Å². The monoisotopic (exact) mass is 206 g/mol. The van der Waals surface area contributed by atoms with Gasteiger partial charge in [-0.15, -0.1) is 0 Å². The first-order valence-corrected chi connectivity index (χ1v) is 5.75. The van der Waals surface area contributed by atoms with Gasteiger partial charge in [-0.1, -0.05) is 25.5 Å². The summed E-state index contributed by atoms with van der Waals surface area (Å²) in [5.74, 6) is 0. The summed E-state index contributed by atoms with van der Waals surface area (Å²) in [4.78, 5) is 0. The smallest absolute Gasteiger partial charge is 0.0314 e. The van der Waals surface area contributed by atoms with Crippen LogP contribution in [0.2, 0.25) is 0 Å². The molecule has 0 saturated carbocycles. The van der Waals surface area contributed by atoms with Crippen molar-refractivity contribution in [2.24, 2.45) is 0 Å². The van der Waals surface area contributed by atoms with Crippen LogP contribution in [0, 0.1) is 0 Å². The molecule has 0 bridgehead atoms. The molecule has 0 amide bonds. The Hall–Kier alpha value is -1.02. The summed E-state index contributed by atoms with van der Waals surface area (Å²) in [6.07, 6.45) is 2.45. The number of benzene rings is 1. The molecule has 0 fully saturated rings. The lowest BCUT2D eigenvalue weighted by Gasteiger charge is -2.20. The first-order chi connectivity index (χ1) is 7.13. The fraction of sp³-hybridized carbons (Fsp3) is 0.538. The molecule has 0 aliphatic rings. The van der Waals surface area contributed by atoms with Crippen molar-refractivity contribution in [1.29, 1.82) is 0 Å². The predicted octanol–water partition coefficient (Wildman–Crippen LogP) is 3.11. The minimum absolute atomic E-state index is 0.396. The number of nitrogens with two attached hydrogens (primary N) is 1. The summed E-state index contributed by atoms with van der Waals surface area (Å²) in [6.45, 7) is 6.64. The molecule has 3 N–H and O–H groups in total. The van der Waals surface area contributed by atoms with Crippen molar-refractivity contribution in [3.63, 3.8) is 0 Å². The quantitative estimate of drug-likeness (QED) is 0.726. The minimum atomic E-state index is 0.396. The Labute approximate surface area is 92.9 Å². The average Bonchev–Trinajstić information content (AvgIpc) is 2.18. The second-order valence-corrected chi connectivity index (χ2v) is 4.24. The molecule has 0 aromatic heterocycles. The predicted molar refractivity (Wildman–Crippen MR) is 66.8 cm³/mol. The number of hydrogen-bond donors (Lipinski definition) is 2. The molecule has 0 spiro atoms. The Morgan fingerprint density at radius 1 is 1.20 bits per heavy atom. The van der Waals surface area contributed by atoms with Crippen molar-refractivity contribution >= 4 is 5.69 Å². The van der Waals surface area contributed by atoms with Gasteiger partial charge in [0, 0.05) is 17.8 Å². The van der Waals surface area contributed by atoms with Crippen molar-refractivity contribution in [3.8, 4) is 0 Å². The molecule has 1 rings (SSSR count). The Morgan fingerprint density at radius 2 is 1.80 bits per heavy atom. The van der Waals surface area contributed by atoms with Gasteiger partial charge < -0.3 is 11.1 Å². The highest BCUT2D eigenvalue weighted by atomic mass is 14.9. The molecule has 0 aliphatic carbocycles. The van der Waals surface area contributed by atoms with Crippen molar-refractivity contribution in [1.82, 2.24) is 5.32 Å². The molecule has 2 atom stereocenters. The second-order valence-electron chi connectivity index (χ2n) is 4.24. The molecule has 0 radical (unpaired) electrons. The van der Waals surface area contributed by atoms with Crippen LogP contribution in [-0.4, -0.2) is 6.04 Å². The van der Waals surface area contributed by atoms with Crippen molar-refractivity contribution in [2.75, 3.05) is 5.73 Å². The van der Waals surface area contributed by atoms with E-state index in [0.29, 0.717) is 12.1 Å². The summed E-state index contributed by atoms with van der Waals surface area (Å²) in [7, 11) is 0. The summed E-state index contributed by atoms with van der Waals surface area (Å²) < 4.78 is 0. The molecule has 2 heteroatoms. The molecule has 84 valence electrons. The van der Waals surface area contributed by atoms with E-state index in [2.05, 4.69) is 38.2 Å². The third-order valence-corrected chi connectivity index (χ3v) is 2.69. The van der Waals surface area contributed by atoms with Crippen molar-refractivity contribution < 1.29 is 0 Å². The van der Waals surface area contributed by atoms with E-state index in [1.54, 1.807) is 0 Å². The van der Waals surface area contributed by atoms with Crippen LogP contribution >= 0.6 is 0 Å². The first kappa shape index (κ1) is 12.1. The lowest BCUT2D eigenvalue weighted by Crippen LogP contribution is -2.28. The SMILES string of the molecule is CCCC(C)NC(C)c1ccc(N)cc1. The van der Waals surface area contributed by atoms with Gasteiger partial charge in [-0.3, -0.25) is 0 Å². The Bertz CT molecular complexity index is 279. The topological polar surface area (TPSA) is 38.0 Å². The van der Waals surface area contributed by atoms with Gasteiger partial charge in [-0.2, -0.15) is 0 Å². The van der Waals surface area contributed by atoms with Crippen LogP contribution in [0.25, 0.3) is 0 Å². The normalized spacial score (nSPS) is 14.9. The molecule has 15 heavy (non-hydrogen) atoms. The zero-order valence-corrected chi connectivity index (χ0v) is 9.96. The maximum atomic E-state index is 5.66. The number of nitrogens with one attached hydrogen (secondary N) is 1. The number of nitrogen functional groups attached to an aromatic ring is 1. The van der Waals surface area contributed by atoms with Crippen LogP contribution < -0.4 is 11.1 Å². The highest BCUT2D eigenvalue weighted by molar-refractivity contribution is 5.40. The Kier molecular flexibility index (Phi) is 4.63. The molecular formula is C13H22N2. The third-order valence-electron chi connectivity index (χ3n) is 2.69. The van der Waals surface area contributed by atoms with Gasteiger partial charge in [0.05, 0.1) is 0 Å². The Morgan fingerprint density at radius 3 is 2.33 bits per heavy atom. The highest BCUT2D eigenvalue weighted by Crippen LogP contribution is 2.15. The molecule has 2 unspecified atom stereocenters. The molecule has 0 saturated heterocycles. The van der Waals surface area contributed by atoms with Gasteiger partial charge in [0.25, 0.3) is 0 Å². The van der Waals surface area contributed by atoms with Crippen LogP contribution in [0.1, 0.15) is 45.2 Å². The molecule has 0 aliphatic heterocycles. The van der Waals surface area contributed by atoms with Crippen LogP contribution in [0.5, 0.6) is 0 Å². The largest absolute Gasteiger partial charge is 0.399 e. The summed E-state index contributed by atoms with van der Waals surface area (Å²) >= 11 is 0. The van der Waals surface area contributed by atoms with Gasteiger partial charge >= 0.3 is 0 Å². The van der Waals surface area contributed by atoms with E-state index >= 15 is 0 Å². The fourth-order valence-corrected chi connectivity index (χ4v) is 1.82. The summed E-state index contributed by atoms with van der Waals surface area (Å²) in [5, 5.41) is 3.58. The van der Waals surface area contributed by atoms with Gasteiger partial charge in [0.2, 0.25) is 0 Å². The average molecular weight is 206 g/mol.